The highest BCUT2D eigenvalue weighted by Gasteiger charge is 2.14. The van der Waals surface area contributed by atoms with Crippen LogP contribution in [0.25, 0.3) is 10.2 Å². The average molecular weight is 418 g/mol. The van der Waals surface area contributed by atoms with E-state index in [2.05, 4.69) is 4.99 Å². The lowest BCUT2D eigenvalue weighted by Crippen LogP contribution is -2.22. The number of esters is 1. The van der Waals surface area contributed by atoms with E-state index in [1.165, 1.54) is 42.7 Å². The average Bonchev–Trinajstić information content (AvgIpc) is 3.05. The molecule has 0 aliphatic carbocycles. The highest BCUT2D eigenvalue weighted by Crippen LogP contribution is 2.17. The number of carbonyl (C=O) groups excluding carboxylic acids is 2. The van der Waals surface area contributed by atoms with Gasteiger partial charge in [-0.25, -0.2) is 8.42 Å². The van der Waals surface area contributed by atoms with Crippen molar-refractivity contribution in [3.05, 3.63) is 58.9 Å². The largest absolute Gasteiger partial charge is 0.468 e. The Morgan fingerprint density at radius 3 is 2.43 bits per heavy atom. The molecule has 0 N–H and O–H groups in total. The number of rotatable bonds is 5. The predicted molar refractivity (Wildman–Crippen MR) is 106 cm³/mol. The number of hydrogen-bond acceptors (Lipinski definition) is 6. The number of ether oxygens (including phenoxy) is 1. The first-order chi connectivity index (χ1) is 13.4. The Morgan fingerprint density at radius 1 is 1.11 bits per heavy atom. The first-order valence-corrected chi connectivity index (χ1v) is 10.9. The van der Waals surface area contributed by atoms with Crippen LogP contribution in [0.2, 0.25) is 0 Å². The van der Waals surface area contributed by atoms with Crippen molar-refractivity contribution < 1.29 is 22.7 Å². The molecule has 1 aromatic heterocycles. The summed E-state index contributed by atoms with van der Waals surface area (Å²) in [6.07, 6.45) is 0. The zero-order valence-corrected chi connectivity index (χ0v) is 16.9. The second-order valence-corrected chi connectivity index (χ2v) is 9.15. The van der Waals surface area contributed by atoms with Crippen molar-refractivity contribution in [3.8, 4) is 0 Å². The van der Waals surface area contributed by atoms with E-state index in [4.69, 9.17) is 4.74 Å². The fourth-order valence-corrected chi connectivity index (χ4v) is 4.49. The number of methoxy groups -OCH3 is 1. The summed E-state index contributed by atoms with van der Waals surface area (Å²) >= 11 is 1.28. The number of amides is 1. The monoisotopic (exact) mass is 418 g/mol. The van der Waals surface area contributed by atoms with Gasteiger partial charge in [0.05, 0.1) is 28.0 Å². The van der Waals surface area contributed by atoms with Crippen molar-refractivity contribution in [3.63, 3.8) is 0 Å². The molecule has 0 radical (unpaired) electrons. The van der Waals surface area contributed by atoms with Gasteiger partial charge in [0.1, 0.15) is 6.54 Å². The Kier molecular flexibility index (Phi) is 5.76. The second-order valence-electron chi connectivity index (χ2n) is 5.86. The zero-order valence-electron chi connectivity index (χ0n) is 15.3. The Labute approximate surface area is 165 Å². The van der Waals surface area contributed by atoms with E-state index in [-0.39, 0.29) is 22.8 Å². The third-order valence-electron chi connectivity index (χ3n) is 4.14. The molecule has 2 aromatic carbocycles. The molecule has 0 aliphatic rings. The Balaban J connectivity index is 2.03. The molecule has 0 atom stereocenters. The lowest BCUT2D eigenvalue weighted by atomic mass is 10.2. The molecule has 28 heavy (non-hydrogen) atoms. The van der Waals surface area contributed by atoms with Crippen LogP contribution < -0.4 is 4.80 Å². The van der Waals surface area contributed by atoms with Crippen LogP contribution in [0.5, 0.6) is 0 Å². The van der Waals surface area contributed by atoms with Gasteiger partial charge < -0.3 is 9.30 Å². The molecular formula is C19H18N2O5S2. The van der Waals surface area contributed by atoms with Crippen molar-refractivity contribution in [2.45, 2.75) is 18.4 Å². The van der Waals surface area contributed by atoms with Crippen LogP contribution in [0.15, 0.2) is 58.4 Å². The molecule has 0 spiro atoms. The molecule has 3 rings (SSSR count). The minimum atomic E-state index is -3.34. The quantitative estimate of drug-likeness (QED) is 0.593. The number of thiazole rings is 1. The standard InChI is InChI=1S/C19H18N2O5S2/c1-3-28(24,25)14-10-8-13(9-11-14)18(23)20-19-21(12-17(22)26-2)15-6-4-5-7-16(15)27-19/h4-11H,3,12H2,1-2H3. The number of aromatic nitrogens is 1. The van der Waals surface area contributed by atoms with Gasteiger partial charge in [-0.1, -0.05) is 30.4 Å². The molecule has 146 valence electrons. The smallest absolute Gasteiger partial charge is 0.325 e. The van der Waals surface area contributed by atoms with Gasteiger partial charge in [-0.3, -0.25) is 9.59 Å². The van der Waals surface area contributed by atoms with Gasteiger partial charge in [-0.05, 0) is 36.4 Å². The molecule has 0 saturated heterocycles. The van der Waals surface area contributed by atoms with Crippen molar-refractivity contribution in [1.82, 2.24) is 4.57 Å². The molecule has 0 unspecified atom stereocenters. The van der Waals surface area contributed by atoms with Gasteiger partial charge in [0, 0.05) is 5.56 Å². The third-order valence-corrected chi connectivity index (χ3v) is 6.95. The van der Waals surface area contributed by atoms with Crippen LogP contribution >= 0.6 is 11.3 Å². The molecule has 0 aliphatic heterocycles. The summed E-state index contributed by atoms with van der Waals surface area (Å²) < 4.78 is 31.0. The van der Waals surface area contributed by atoms with Gasteiger partial charge >= 0.3 is 5.97 Å². The van der Waals surface area contributed by atoms with E-state index in [1.807, 2.05) is 24.3 Å². The summed E-state index contributed by atoms with van der Waals surface area (Å²) in [5.74, 6) is -0.989. The molecule has 7 nitrogen and oxygen atoms in total. The molecule has 3 aromatic rings. The fourth-order valence-electron chi connectivity index (χ4n) is 2.58. The molecule has 9 heteroatoms. The Morgan fingerprint density at radius 2 is 1.79 bits per heavy atom. The summed E-state index contributed by atoms with van der Waals surface area (Å²) in [4.78, 5) is 29.0. The van der Waals surface area contributed by atoms with E-state index in [0.29, 0.717) is 4.80 Å². The number of hydrogen-bond donors (Lipinski definition) is 0. The van der Waals surface area contributed by atoms with Crippen LogP contribution in [-0.2, 0) is 25.9 Å². The maximum atomic E-state index is 12.6. The van der Waals surface area contributed by atoms with Gasteiger partial charge in [0.25, 0.3) is 5.91 Å². The lowest BCUT2D eigenvalue weighted by Gasteiger charge is -2.04. The lowest BCUT2D eigenvalue weighted by molar-refractivity contribution is -0.141. The number of carbonyl (C=O) groups is 2. The van der Waals surface area contributed by atoms with Crippen LogP contribution in [0.1, 0.15) is 17.3 Å². The van der Waals surface area contributed by atoms with E-state index in [1.54, 1.807) is 11.5 Å². The number of para-hydroxylation sites is 1. The van der Waals surface area contributed by atoms with Crippen molar-refractivity contribution in [1.29, 1.82) is 0 Å². The molecule has 1 heterocycles. The third kappa shape index (κ3) is 4.05. The molecule has 1 amide bonds. The second kappa shape index (κ2) is 8.07. The normalized spacial score (nSPS) is 12.3. The number of benzene rings is 2. The maximum absolute atomic E-state index is 12.6. The van der Waals surface area contributed by atoms with Gasteiger partial charge in [-0.15, -0.1) is 0 Å². The predicted octanol–water partition coefficient (Wildman–Crippen LogP) is 2.41. The molecule has 0 fully saturated rings. The minimum absolute atomic E-state index is 0.0139. The summed E-state index contributed by atoms with van der Waals surface area (Å²) in [5.41, 5.74) is 1.03. The van der Waals surface area contributed by atoms with E-state index >= 15 is 0 Å². The van der Waals surface area contributed by atoms with Gasteiger partial charge in [-0.2, -0.15) is 4.99 Å². The topological polar surface area (TPSA) is 94.8 Å². The van der Waals surface area contributed by atoms with E-state index in [9.17, 15) is 18.0 Å². The van der Waals surface area contributed by atoms with Crippen LogP contribution in [0.3, 0.4) is 0 Å². The fraction of sp³-hybridized carbons (Fsp3) is 0.211. The first kappa shape index (κ1) is 20.0. The Bertz CT molecular complexity index is 1210. The van der Waals surface area contributed by atoms with Gasteiger partial charge in [0.2, 0.25) is 0 Å². The number of sulfone groups is 1. The number of fused-ring (bicyclic) bond motifs is 1. The van der Waals surface area contributed by atoms with Crippen molar-refractivity contribution >= 4 is 43.3 Å². The summed E-state index contributed by atoms with van der Waals surface area (Å²) in [5, 5.41) is 0. The SMILES string of the molecule is CCS(=O)(=O)c1ccc(C(=O)N=c2sc3ccccc3n2CC(=O)OC)cc1. The zero-order chi connectivity index (χ0) is 20.3. The van der Waals surface area contributed by atoms with E-state index in [0.717, 1.165) is 10.2 Å². The first-order valence-electron chi connectivity index (χ1n) is 8.43. The van der Waals surface area contributed by atoms with Crippen LogP contribution in [0.4, 0.5) is 0 Å². The maximum Gasteiger partial charge on any atom is 0.325 e. The minimum Gasteiger partial charge on any atom is -0.468 e. The molecular weight excluding hydrogens is 400 g/mol. The van der Waals surface area contributed by atoms with Crippen LogP contribution in [0, 0.1) is 0 Å². The molecule has 0 bridgehead atoms. The van der Waals surface area contributed by atoms with Gasteiger partial charge in [0.15, 0.2) is 14.6 Å². The number of nitrogens with zero attached hydrogens (tertiary/aromatic N) is 2. The summed E-state index contributed by atoms with van der Waals surface area (Å²) in [7, 11) is -2.04. The summed E-state index contributed by atoms with van der Waals surface area (Å²) in [6.45, 7) is 1.49. The van der Waals surface area contributed by atoms with Crippen molar-refractivity contribution in [2.24, 2.45) is 4.99 Å². The van der Waals surface area contributed by atoms with Crippen LogP contribution in [-0.4, -0.2) is 37.7 Å². The summed E-state index contributed by atoms with van der Waals surface area (Å²) in [6, 6.07) is 13.1. The highest BCUT2D eigenvalue weighted by molar-refractivity contribution is 7.91. The van der Waals surface area contributed by atoms with E-state index < -0.39 is 21.7 Å². The Hall–Kier alpha value is -2.78. The molecule has 0 saturated carbocycles. The highest BCUT2D eigenvalue weighted by atomic mass is 32.2. The van der Waals surface area contributed by atoms with Crippen molar-refractivity contribution in [2.75, 3.05) is 12.9 Å².